The molecule has 0 aliphatic heterocycles. The predicted octanol–water partition coefficient (Wildman–Crippen LogP) is 4.98. The number of rotatable bonds is 8. The molecule has 2 amide bonds. The number of nitrogens with one attached hydrogen (secondary N) is 1. The summed E-state index contributed by atoms with van der Waals surface area (Å²) in [6.45, 7) is 0. The van der Waals surface area contributed by atoms with Gasteiger partial charge in [0.15, 0.2) is 0 Å². The smallest absolute Gasteiger partial charge is 0.279 e. The Bertz CT molecular complexity index is 1160. The third-order valence-corrected chi connectivity index (χ3v) is 6.51. The number of halogens is 1. The second kappa shape index (κ2) is 11.9. The maximum absolute atomic E-state index is 14.0. The maximum atomic E-state index is 14.0. The minimum atomic E-state index is -1.00. The van der Waals surface area contributed by atoms with Crippen molar-refractivity contribution in [3.05, 3.63) is 77.3 Å². The normalized spacial score (nSPS) is 14.5. The molecule has 4 rings (SSSR count). The molecular weight excluding hydrogens is 480 g/mol. The zero-order valence-corrected chi connectivity index (χ0v) is 21.1. The molecule has 0 bridgehead atoms. The molecule has 0 radical (unpaired) electrons. The van der Waals surface area contributed by atoms with E-state index in [9.17, 15) is 9.59 Å². The van der Waals surface area contributed by atoms with Crippen LogP contribution in [0.4, 0.5) is 5.69 Å². The van der Waals surface area contributed by atoms with E-state index in [-0.39, 0.29) is 17.6 Å². The Balaban J connectivity index is 1.85. The second-order valence-corrected chi connectivity index (χ2v) is 9.07. The van der Waals surface area contributed by atoms with Crippen LogP contribution in [-0.4, -0.2) is 42.0 Å². The van der Waals surface area contributed by atoms with Crippen LogP contribution in [0.25, 0.3) is 0 Å². The van der Waals surface area contributed by atoms with Crippen LogP contribution in [0.3, 0.4) is 0 Å². The lowest BCUT2D eigenvalue weighted by atomic mass is 9.94. The standard InChI is InChI=1S/C27H29ClN4O4/c1-35-22-14-21(15-23(16-22)36-2)32(27(34)24-17-29-12-13-30-24)25(18-8-10-19(28)11-9-18)26(33)31-20-6-4-3-5-7-20/h8-17,20,25H,3-7H2,1-2H3,(H,31,33)/t25-/m0/s1. The van der Waals surface area contributed by atoms with Crippen LogP contribution in [0.15, 0.2) is 61.1 Å². The lowest BCUT2D eigenvalue weighted by Gasteiger charge is -2.33. The summed E-state index contributed by atoms with van der Waals surface area (Å²) in [5, 5.41) is 3.71. The summed E-state index contributed by atoms with van der Waals surface area (Å²) in [5.41, 5.74) is 1.12. The van der Waals surface area contributed by atoms with E-state index in [2.05, 4.69) is 15.3 Å². The largest absolute Gasteiger partial charge is 0.497 e. The Morgan fingerprint density at radius 1 is 1.00 bits per heavy atom. The number of benzene rings is 2. The molecule has 0 unspecified atom stereocenters. The minimum absolute atomic E-state index is 0.0503. The molecule has 0 saturated heterocycles. The monoisotopic (exact) mass is 508 g/mol. The Kier molecular flexibility index (Phi) is 8.38. The Morgan fingerprint density at radius 2 is 1.67 bits per heavy atom. The fourth-order valence-corrected chi connectivity index (χ4v) is 4.56. The average molecular weight is 509 g/mol. The van der Waals surface area contributed by atoms with E-state index >= 15 is 0 Å². The molecule has 36 heavy (non-hydrogen) atoms. The number of aromatic nitrogens is 2. The van der Waals surface area contributed by atoms with Crippen molar-refractivity contribution >= 4 is 29.1 Å². The summed E-state index contributed by atoms with van der Waals surface area (Å²) in [4.78, 5) is 37.6. The van der Waals surface area contributed by atoms with Gasteiger partial charge in [-0.2, -0.15) is 0 Å². The summed E-state index contributed by atoms with van der Waals surface area (Å²) in [6.07, 6.45) is 9.41. The molecule has 1 atom stereocenters. The van der Waals surface area contributed by atoms with E-state index in [1.54, 1.807) is 42.5 Å². The third-order valence-electron chi connectivity index (χ3n) is 6.26. The van der Waals surface area contributed by atoms with Gasteiger partial charge in [0.2, 0.25) is 5.91 Å². The van der Waals surface area contributed by atoms with Crippen molar-refractivity contribution in [1.29, 1.82) is 0 Å². The first kappa shape index (κ1) is 25.4. The number of carbonyl (C=O) groups excluding carboxylic acids is 2. The molecule has 1 N–H and O–H groups in total. The van der Waals surface area contributed by atoms with Crippen LogP contribution >= 0.6 is 11.6 Å². The first-order chi connectivity index (χ1) is 17.5. The van der Waals surface area contributed by atoms with Crippen LogP contribution < -0.4 is 19.7 Å². The SMILES string of the molecule is COc1cc(OC)cc(N(C(=O)c2cnccn2)[C@H](C(=O)NC2CCCCC2)c2ccc(Cl)cc2)c1. The number of hydrogen-bond acceptors (Lipinski definition) is 6. The third kappa shape index (κ3) is 5.94. The van der Waals surface area contributed by atoms with Crippen molar-refractivity contribution in [3.8, 4) is 11.5 Å². The Morgan fingerprint density at radius 3 is 2.25 bits per heavy atom. The van der Waals surface area contributed by atoms with E-state index < -0.39 is 11.9 Å². The van der Waals surface area contributed by atoms with Gasteiger partial charge in [0, 0.05) is 41.7 Å². The van der Waals surface area contributed by atoms with Crippen molar-refractivity contribution in [1.82, 2.24) is 15.3 Å². The maximum Gasteiger partial charge on any atom is 0.279 e. The van der Waals surface area contributed by atoms with Crippen molar-refractivity contribution in [2.45, 2.75) is 44.2 Å². The molecule has 1 aliphatic rings. The van der Waals surface area contributed by atoms with Gasteiger partial charge in [-0.1, -0.05) is 43.0 Å². The van der Waals surface area contributed by atoms with E-state index in [0.717, 1.165) is 32.1 Å². The molecule has 1 fully saturated rings. The highest BCUT2D eigenvalue weighted by Gasteiger charge is 2.35. The number of nitrogens with zero attached hydrogens (tertiary/aromatic N) is 3. The van der Waals surface area contributed by atoms with Crippen LogP contribution in [0.1, 0.15) is 54.2 Å². The van der Waals surface area contributed by atoms with E-state index in [4.69, 9.17) is 21.1 Å². The number of ether oxygens (including phenoxy) is 2. The summed E-state index contributed by atoms with van der Waals surface area (Å²) < 4.78 is 10.9. The van der Waals surface area contributed by atoms with E-state index in [1.807, 2.05) is 0 Å². The number of amides is 2. The van der Waals surface area contributed by atoms with Crippen molar-refractivity contribution in [3.63, 3.8) is 0 Å². The van der Waals surface area contributed by atoms with Crippen LogP contribution in [0, 0.1) is 0 Å². The number of methoxy groups -OCH3 is 2. The fourth-order valence-electron chi connectivity index (χ4n) is 4.44. The summed E-state index contributed by atoms with van der Waals surface area (Å²) in [6, 6.07) is 11.0. The number of hydrogen-bond donors (Lipinski definition) is 1. The number of carbonyl (C=O) groups is 2. The van der Waals surface area contributed by atoms with Crippen molar-refractivity contribution in [2.75, 3.05) is 19.1 Å². The quantitative estimate of drug-likeness (QED) is 0.461. The fraction of sp³-hybridized carbons (Fsp3) is 0.333. The van der Waals surface area contributed by atoms with Gasteiger partial charge in [0.05, 0.1) is 26.1 Å². The van der Waals surface area contributed by atoms with Gasteiger partial charge in [-0.15, -0.1) is 0 Å². The molecular formula is C27H29ClN4O4. The Labute approximate surface area is 215 Å². The van der Waals surface area contributed by atoms with Gasteiger partial charge < -0.3 is 14.8 Å². The van der Waals surface area contributed by atoms with Crippen LogP contribution in [0.2, 0.25) is 5.02 Å². The zero-order valence-electron chi connectivity index (χ0n) is 20.3. The lowest BCUT2D eigenvalue weighted by Crippen LogP contribution is -2.47. The summed E-state index contributed by atoms with van der Waals surface area (Å²) in [5.74, 6) is 0.174. The highest BCUT2D eigenvalue weighted by Crippen LogP contribution is 2.35. The molecule has 1 heterocycles. The first-order valence-electron chi connectivity index (χ1n) is 11.9. The molecule has 1 aromatic heterocycles. The molecule has 2 aromatic carbocycles. The highest BCUT2D eigenvalue weighted by atomic mass is 35.5. The predicted molar refractivity (Wildman–Crippen MR) is 138 cm³/mol. The minimum Gasteiger partial charge on any atom is -0.497 e. The van der Waals surface area contributed by atoms with Gasteiger partial charge in [0.1, 0.15) is 23.2 Å². The van der Waals surface area contributed by atoms with Gasteiger partial charge in [0.25, 0.3) is 5.91 Å². The van der Waals surface area contributed by atoms with Crippen LogP contribution in [-0.2, 0) is 4.79 Å². The number of anilines is 1. The zero-order chi connectivity index (χ0) is 25.5. The van der Waals surface area contributed by atoms with Crippen molar-refractivity contribution in [2.24, 2.45) is 0 Å². The van der Waals surface area contributed by atoms with Gasteiger partial charge in [-0.25, -0.2) is 4.98 Å². The van der Waals surface area contributed by atoms with E-state index in [0.29, 0.717) is 27.8 Å². The molecule has 1 saturated carbocycles. The van der Waals surface area contributed by atoms with Gasteiger partial charge in [-0.05, 0) is 30.5 Å². The van der Waals surface area contributed by atoms with Crippen molar-refractivity contribution < 1.29 is 19.1 Å². The second-order valence-electron chi connectivity index (χ2n) is 8.63. The van der Waals surface area contributed by atoms with Crippen LogP contribution in [0.5, 0.6) is 11.5 Å². The molecule has 0 spiro atoms. The molecule has 3 aromatic rings. The highest BCUT2D eigenvalue weighted by molar-refractivity contribution is 6.30. The molecule has 1 aliphatic carbocycles. The van der Waals surface area contributed by atoms with Gasteiger partial charge in [-0.3, -0.25) is 19.5 Å². The summed E-state index contributed by atoms with van der Waals surface area (Å²) in [7, 11) is 3.06. The molecule has 188 valence electrons. The molecule has 8 nitrogen and oxygen atoms in total. The first-order valence-corrected chi connectivity index (χ1v) is 12.3. The molecule has 9 heteroatoms. The van der Waals surface area contributed by atoms with Gasteiger partial charge >= 0.3 is 0 Å². The van der Waals surface area contributed by atoms with E-state index in [1.165, 1.54) is 37.7 Å². The lowest BCUT2D eigenvalue weighted by molar-refractivity contribution is -0.123. The summed E-state index contributed by atoms with van der Waals surface area (Å²) >= 11 is 6.15. The average Bonchev–Trinajstić information content (AvgIpc) is 2.92. The topological polar surface area (TPSA) is 93.7 Å². The Hall–Kier alpha value is -3.65.